The first-order chi connectivity index (χ1) is 26.1. The lowest BCUT2D eigenvalue weighted by Gasteiger charge is -2.60. The summed E-state index contributed by atoms with van der Waals surface area (Å²) in [5.74, 6) is 2.44. The maximum absolute atomic E-state index is 12.6. The van der Waals surface area contributed by atoms with E-state index in [4.69, 9.17) is 54.0 Å². The van der Waals surface area contributed by atoms with E-state index in [9.17, 15) is 19.8 Å². The van der Waals surface area contributed by atoms with E-state index < -0.39 is 55.0 Å². The van der Waals surface area contributed by atoms with Crippen molar-refractivity contribution in [3.05, 3.63) is 70.8 Å². The first kappa shape index (κ1) is 47.6. The van der Waals surface area contributed by atoms with Gasteiger partial charge in [-0.05, 0) is 100 Å². The number of methoxy groups -OCH3 is 2. The lowest BCUT2D eigenvalue weighted by Crippen LogP contribution is -2.74. The number of benzene rings is 2. The highest BCUT2D eigenvalue weighted by molar-refractivity contribution is 7.80. The number of carbonyl (C=O) groups is 2. The average molecular weight is 877 g/mol. The predicted octanol–water partition coefficient (Wildman–Crippen LogP) is -2.13. The monoisotopic (exact) mass is 876 g/mol. The van der Waals surface area contributed by atoms with Crippen molar-refractivity contribution in [2.24, 2.45) is 0 Å². The Morgan fingerprint density at radius 3 is 1.27 bits per heavy atom. The molecule has 2 aromatic rings. The van der Waals surface area contributed by atoms with Gasteiger partial charge in [0.2, 0.25) is 0 Å². The number of hydrogen-bond donors (Lipinski definition) is 6. The lowest BCUT2D eigenvalue weighted by molar-refractivity contribution is -0.151. The van der Waals surface area contributed by atoms with Gasteiger partial charge >= 0.3 is 20.8 Å². The van der Waals surface area contributed by atoms with Crippen LogP contribution in [-0.4, -0.2) is 160 Å². The molecule has 2 aromatic carbocycles. The Labute approximate surface area is 338 Å². The number of ketones is 2. The highest BCUT2D eigenvalue weighted by Gasteiger charge is 2.73. The summed E-state index contributed by atoms with van der Waals surface area (Å²) in [5.41, 5.74) is 0.769. The summed E-state index contributed by atoms with van der Waals surface area (Å²) in [5, 5.41) is 23.3. The van der Waals surface area contributed by atoms with Crippen molar-refractivity contribution < 1.29 is 90.2 Å². The van der Waals surface area contributed by atoms with Crippen molar-refractivity contribution in [2.45, 2.75) is 72.0 Å². The molecule has 21 nitrogen and oxygen atoms in total. The zero-order valence-corrected chi connectivity index (χ0v) is 33.8. The fourth-order valence-electron chi connectivity index (χ4n) is 10.6. The lowest BCUT2D eigenvalue weighted by atomic mass is 9.51. The third-order valence-electron chi connectivity index (χ3n) is 12.7. The molecule has 8 aliphatic rings. The third-order valence-corrected chi connectivity index (χ3v) is 12.7. The zero-order valence-electron chi connectivity index (χ0n) is 32.1. The van der Waals surface area contributed by atoms with Gasteiger partial charge in [0.05, 0.1) is 25.0 Å². The minimum Gasteiger partial charge on any atom is -0.493 e. The molecule has 12 N–H and O–H groups in total. The van der Waals surface area contributed by atoms with Crippen molar-refractivity contribution in [3.63, 3.8) is 0 Å². The van der Waals surface area contributed by atoms with E-state index in [0.717, 1.165) is 48.2 Å². The van der Waals surface area contributed by atoms with Crippen molar-refractivity contribution in [2.75, 3.05) is 41.4 Å². The molecule has 0 unspecified atom stereocenters. The van der Waals surface area contributed by atoms with Gasteiger partial charge in [-0.15, -0.1) is 0 Å². The van der Waals surface area contributed by atoms with Crippen LogP contribution >= 0.6 is 0 Å². The topological polar surface area (TPSA) is 362 Å². The van der Waals surface area contributed by atoms with E-state index in [-0.39, 0.29) is 40.1 Å². The Balaban J connectivity index is 0.000000204. The molecular formula is C36H48N2O19S2. The van der Waals surface area contributed by atoms with E-state index in [0.29, 0.717) is 35.8 Å². The molecule has 4 aliphatic heterocycles. The fraction of sp³-hybridized carbons (Fsp3) is 0.500. The van der Waals surface area contributed by atoms with Crippen LogP contribution in [0, 0.1) is 0 Å². The Morgan fingerprint density at radius 2 is 0.966 bits per heavy atom. The number of ether oxygens (including phenoxy) is 4. The number of aliphatic hydroxyl groups is 2. The highest BCUT2D eigenvalue weighted by atomic mass is 32.3. The van der Waals surface area contributed by atoms with Gasteiger partial charge in [0, 0.05) is 23.2 Å². The van der Waals surface area contributed by atoms with Gasteiger partial charge in [0.15, 0.2) is 46.8 Å². The fourth-order valence-corrected chi connectivity index (χ4v) is 10.6. The number of rotatable bonds is 2. The Hall–Kier alpha value is -4.08. The summed E-state index contributed by atoms with van der Waals surface area (Å²) in [6.07, 6.45) is 8.01. The summed E-state index contributed by atoms with van der Waals surface area (Å²) in [6.45, 7) is 1.67. The van der Waals surface area contributed by atoms with E-state index in [2.05, 4.69) is 21.9 Å². The van der Waals surface area contributed by atoms with Crippen LogP contribution in [0.5, 0.6) is 23.0 Å². The molecule has 2 spiro atoms. The van der Waals surface area contributed by atoms with Crippen LogP contribution in [0.15, 0.2) is 48.6 Å². The Morgan fingerprint density at radius 1 is 0.644 bits per heavy atom. The molecule has 0 radical (unpaired) electrons. The van der Waals surface area contributed by atoms with Gasteiger partial charge < -0.3 is 45.6 Å². The largest absolute Gasteiger partial charge is 0.493 e. The standard InChI is InChI=1S/2C18H19NO4.2H2O4S.3H2O/c2*1-19-8-7-17-14-10-3-4-12(22-2)15(14)23-16(17)11(20)5-6-18(17,21)13(19)9-10;2*1-5(2,3)4;;;/h2*3-6,13,16,21H,7-9H2,1-2H3;2*(H2,1,2,3,4);3*1H2/t2*13-,16+,17+,18-;;;;;/m11...../s1. The molecule has 4 aliphatic carbocycles. The maximum atomic E-state index is 12.6. The summed E-state index contributed by atoms with van der Waals surface area (Å²) in [4.78, 5) is 29.5. The maximum Gasteiger partial charge on any atom is 0.394 e. The number of hydrogen-bond acceptors (Lipinski definition) is 14. The molecule has 4 heterocycles. The molecular weight excluding hydrogens is 829 g/mol. The van der Waals surface area contributed by atoms with Gasteiger partial charge in [-0.3, -0.25) is 37.6 Å². The van der Waals surface area contributed by atoms with Crippen LogP contribution < -0.4 is 18.9 Å². The molecule has 2 fully saturated rings. The molecule has 59 heavy (non-hydrogen) atoms. The van der Waals surface area contributed by atoms with Crippen LogP contribution in [0.3, 0.4) is 0 Å². The molecule has 10 rings (SSSR count). The number of likely N-dealkylation sites (tertiary alicyclic amines) is 2. The second-order valence-electron chi connectivity index (χ2n) is 15.1. The Bertz CT molecular complexity index is 2130. The first-order valence-electron chi connectivity index (χ1n) is 17.5. The van der Waals surface area contributed by atoms with Crippen LogP contribution in [0.2, 0.25) is 0 Å². The Kier molecular flexibility index (Phi) is 12.7. The van der Waals surface area contributed by atoms with Gasteiger partial charge in [0.1, 0.15) is 11.2 Å². The molecule has 8 atom stereocenters. The summed E-state index contributed by atoms with van der Waals surface area (Å²) in [7, 11) is -2.04. The van der Waals surface area contributed by atoms with E-state index in [1.165, 1.54) is 12.2 Å². The molecule has 0 aromatic heterocycles. The number of carbonyl (C=O) groups excluding carboxylic acids is 2. The van der Waals surface area contributed by atoms with Gasteiger partial charge in [0.25, 0.3) is 0 Å². The second kappa shape index (κ2) is 15.7. The van der Waals surface area contributed by atoms with Crippen molar-refractivity contribution in [1.82, 2.24) is 9.80 Å². The normalized spacial score (nSPS) is 33.1. The van der Waals surface area contributed by atoms with Gasteiger partial charge in [-0.25, -0.2) is 0 Å². The molecule has 2 saturated heterocycles. The summed E-state index contributed by atoms with van der Waals surface area (Å²) >= 11 is 0. The summed E-state index contributed by atoms with van der Waals surface area (Å²) in [6, 6.07) is 7.83. The summed E-state index contributed by atoms with van der Waals surface area (Å²) < 4.78 is 86.3. The van der Waals surface area contributed by atoms with E-state index in [1.54, 1.807) is 26.4 Å². The van der Waals surface area contributed by atoms with Crippen molar-refractivity contribution in [1.29, 1.82) is 0 Å². The molecule has 0 amide bonds. The predicted molar refractivity (Wildman–Crippen MR) is 205 cm³/mol. The number of likely N-dealkylation sites (N-methyl/N-ethyl adjacent to an activating group) is 2. The number of piperidine rings is 2. The van der Waals surface area contributed by atoms with Crippen LogP contribution in [0.25, 0.3) is 0 Å². The molecule has 0 saturated carbocycles. The molecule has 23 heteroatoms. The second-order valence-corrected chi connectivity index (χ2v) is 16.9. The van der Waals surface area contributed by atoms with E-state index >= 15 is 0 Å². The van der Waals surface area contributed by atoms with Gasteiger partial charge in [-0.2, -0.15) is 16.8 Å². The molecule has 4 bridgehead atoms. The minimum absolute atomic E-state index is 0. The highest BCUT2D eigenvalue weighted by Crippen LogP contribution is 2.65. The van der Waals surface area contributed by atoms with Crippen LogP contribution in [0.1, 0.15) is 35.1 Å². The van der Waals surface area contributed by atoms with E-state index in [1.807, 2.05) is 26.2 Å². The van der Waals surface area contributed by atoms with Crippen LogP contribution in [-0.2, 0) is 54.1 Å². The average Bonchev–Trinajstić information content (AvgIpc) is 3.65. The first-order valence-corrected chi connectivity index (χ1v) is 20.3. The smallest absolute Gasteiger partial charge is 0.394 e. The molecule has 328 valence electrons. The minimum atomic E-state index is -4.67. The zero-order chi connectivity index (χ0) is 41.0. The third kappa shape index (κ3) is 7.02. The SMILES string of the molecule is COc1ccc2c3c1O[C@H]1C(=O)C=C[C@@]4(O)[C@@H](C2)N(C)CC[C@]314.COc1ccc2c3c1O[C@H]1C(=O)C=C[C@@]4(O)[C@@H](C2)N(C)CC[C@]314.O.O.O.O=S(=O)(O)O.O=S(=O)(O)O. The quantitative estimate of drug-likeness (QED) is 0.175. The van der Waals surface area contributed by atoms with Crippen molar-refractivity contribution in [3.8, 4) is 23.0 Å². The van der Waals surface area contributed by atoms with Gasteiger partial charge in [-0.1, -0.05) is 12.1 Å². The van der Waals surface area contributed by atoms with Crippen molar-refractivity contribution >= 4 is 32.4 Å². The number of nitrogens with zero attached hydrogens (tertiary/aromatic N) is 2. The van der Waals surface area contributed by atoms with Crippen LogP contribution in [0.4, 0.5) is 0 Å².